The van der Waals surface area contributed by atoms with E-state index >= 15 is 0 Å². The normalized spacial score (nSPS) is 14.8. The fourth-order valence-electron chi connectivity index (χ4n) is 3.35. The number of hydrogen-bond acceptors (Lipinski definition) is 3. The van der Waals surface area contributed by atoms with Crippen LogP contribution in [-0.4, -0.2) is 52.8 Å². The van der Waals surface area contributed by atoms with Gasteiger partial charge in [0, 0.05) is 37.1 Å². The van der Waals surface area contributed by atoms with E-state index in [1.165, 1.54) is 0 Å². The number of hydrogen-bond donors (Lipinski definition) is 1. The minimum Gasteiger partial charge on any atom is -0.444 e. The number of H-pyrrole nitrogens is 1. The van der Waals surface area contributed by atoms with Crippen molar-refractivity contribution in [2.75, 3.05) is 26.2 Å². The van der Waals surface area contributed by atoms with Crippen molar-refractivity contribution in [3.63, 3.8) is 0 Å². The fraction of sp³-hybridized carbons (Fsp3) is 0.263. The first kappa shape index (κ1) is 16.9. The van der Waals surface area contributed by atoms with Gasteiger partial charge in [-0.25, -0.2) is 0 Å². The van der Waals surface area contributed by atoms with Gasteiger partial charge >= 0.3 is 0 Å². The number of furan rings is 1. The molecule has 1 saturated heterocycles. The summed E-state index contributed by atoms with van der Waals surface area (Å²) in [7, 11) is 0. The number of benzene rings is 1. The van der Waals surface area contributed by atoms with E-state index in [0.29, 0.717) is 42.3 Å². The molecule has 0 radical (unpaired) electrons. The summed E-state index contributed by atoms with van der Waals surface area (Å²) in [5, 5.41) is 1.06. The number of carbonyl (C=O) groups is 2. The van der Waals surface area contributed by atoms with Crippen molar-refractivity contribution in [2.24, 2.45) is 0 Å². The van der Waals surface area contributed by atoms with Crippen LogP contribution in [-0.2, 0) is 0 Å². The number of nitrogens with zero attached hydrogens (tertiary/aromatic N) is 2. The van der Waals surface area contributed by atoms with Crippen LogP contribution in [0.5, 0.6) is 0 Å². The summed E-state index contributed by atoms with van der Waals surface area (Å²) in [6.07, 6.45) is 0. The van der Waals surface area contributed by atoms with Crippen molar-refractivity contribution in [2.45, 2.75) is 6.92 Å². The summed E-state index contributed by atoms with van der Waals surface area (Å²) < 4.78 is 5.86. The Morgan fingerprint density at radius 3 is 2.27 bits per heavy atom. The van der Waals surface area contributed by atoms with Crippen molar-refractivity contribution in [3.05, 3.63) is 58.1 Å². The molecule has 1 fully saturated rings. The molecule has 1 aliphatic heterocycles. The highest BCUT2D eigenvalue weighted by Gasteiger charge is 2.28. The van der Waals surface area contributed by atoms with Gasteiger partial charge in [-0.2, -0.15) is 0 Å². The molecule has 4 rings (SSSR count). The highest BCUT2D eigenvalue weighted by Crippen LogP contribution is 2.23. The van der Waals surface area contributed by atoms with Crippen LogP contribution in [0.15, 0.2) is 45.5 Å². The lowest BCUT2D eigenvalue weighted by Gasteiger charge is -2.34. The van der Waals surface area contributed by atoms with Gasteiger partial charge in [0.15, 0.2) is 10.4 Å². The fourth-order valence-corrected chi connectivity index (χ4v) is 3.66. The molecule has 3 aromatic rings. The van der Waals surface area contributed by atoms with Crippen LogP contribution in [0, 0.1) is 6.92 Å². The van der Waals surface area contributed by atoms with E-state index in [1.807, 2.05) is 31.2 Å². The monoisotopic (exact) mass is 415 g/mol. The first-order chi connectivity index (χ1) is 12.5. The first-order valence-electron chi connectivity index (χ1n) is 8.46. The second-order valence-corrected chi connectivity index (χ2v) is 7.14. The number of carbonyl (C=O) groups excluding carboxylic acids is 2. The first-order valence-corrected chi connectivity index (χ1v) is 9.25. The summed E-state index contributed by atoms with van der Waals surface area (Å²) >= 11 is 3.21. The lowest BCUT2D eigenvalue weighted by Crippen LogP contribution is -2.50. The Hall–Kier alpha value is -2.54. The number of aromatic nitrogens is 1. The third kappa shape index (κ3) is 2.92. The molecule has 3 heterocycles. The number of nitrogens with one attached hydrogen (secondary N) is 1. The van der Waals surface area contributed by atoms with Crippen LogP contribution in [0.25, 0.3) is 10.9 Å². The van der Waals surface area contributed by atoms with Gasteiger partial charge < -0.3 is 19.2 Å². The number of fused-ring (bicyclic) bond motifs is 1. The molecule has 0 unspecified atom stereocenters. The van der Waals surface area contributed by atoms with Crippen molar-refractivity contribution < 1.29 is 14.0 Å². The van der Waals surface area contributed by atoms with Gasteiger partial charge in [-0.3, -0.25) is 9.59 Å². The SMILES string of the molecule is Cc1c(C(=O)N2CCN(C(=O)c3ccc(Br)o3)CC2)[nH]c2ccccc12. The summed E-state index contributed by atoms with van der Waals surface area (Å²) in [5.41, 5.74) is 2.55. The Labute approximate surface area is 158 Å². The Balaban J connectivity index is 1.46. The molecule has 0 saturated carbocycles. The standard InChI is InChI=1S/C19H18BrN3O3/c1-12-13-4-2-3-5-14(13)21-17(12)19(25)23-10-8-22(9-11-23)18(24)15-6-7-16(20)26-15/h2-7,21H,8-11H2,1H3. The topological polar surface area (TPSA) is 69.6 Å². The van der Waals surface area contributed by atoms with Crippen LogP contribution in [0.4, 0.5) is 0 Å². The molecule has 6 nitrogen and oxygen atoms in total. The van der Waals surface area contributed by atoms with Gasteiger partial charge in [-0.1, -0.05) is 18.2 Å². The molecule has 0 spiro atoms. The lowest BCUT2D eigenvalue weighted by molar-refractivity contribution is 0.0514. The van der Waals surface area contributed by atoms with E-state index in [1.54, 1.807) is 21.9 Å². The van der Waals surface area contributed by atoms with E-state index in [0.717, 1.165) is 16.5 Å². The molecule has 26 heavy (non-hydrogen) atoms. The van der Waals surface area contributed by atoms with Gasteiger partial charge in [0.25, 0.3) is 11.8 Å². The van der Waals surface area contributed by atoms with Crippen LogP contribution in [0.1, 0.15) is 26.6 Å². The number of aryl methyl sites for hydroxylation is 1. The Morgan fingerprint density at radius 2 is 1.65 bits per heavy atom. The number of aromatic amines is 1. The predicted molar refractivity (Wildman–Crippen MR) is 101 cm³/mol. The Kier molecular flexibility index (Phi) is 4.32. The zero-order valence-corrected chi connectivity index (χ0v) is 15.9. The van der Waals surface area contributed by atoms with Crippen LogP contribution in [0.2, 0.25) is 0 Å². The van der Waals surface area contributed by atoms with Gasteiger partial charge in [0.2, 0.25) is 0 Å². The quantitative estimate of drug-likeness (QED) is 0.696. The van der Waals surface area contributed by atoms with Crippen molar-refractivity contribution in [3.8, 4) is 0 Å². The van der Waals surface area contributed by atoms with E-state index in [-0.39, 0.29) is 11.8 Å². The number of amides is 2. The zero-order chi connectivity index (χ0) is 18.3. The van der Waals surface area contributed by atoms with Crippen molar-refractivity contribution in [1.29, 1.82) is 0 Å². The summed E-state index contributed by atoms with van der Waals surface area (Å²) in [6, 6.07) is 11.2. The van der Waals surface area contributed by atoms with Crippen LogP contribution in [0.3, 0.4) is 0 Å². The average Bonchev–Trinajstić information content (AvgIpc) is 3.25. The maximum absolute atomic E-state index is 12.9. The van der Waals surface area contributed by atoms with Gasteiger partial charge in [-0.15, -0.1) is 0 Å². The smallest absolute Gasteiger partial charge is 0.289 e. The summed E-state index contributed by atoms with van der Waals surface area (Å²) in [5.74, 6) is 0.138. The van der Waals surface area contributed by atoms with Gasteiger partial charge in [-0.05, 0) is 46.6 Å². The molecule has 0 aliphatic carbocycles. The number of rotatable bonds is 2. The average molecular weight is 416 g/mol. The van der Waals surface area contributed by atoms with Crippen molar-refractivity contribution in [1.82, 2.24) is 14.8 Å². The third-order valence-corrected chi connectivity index (χ3v) is 5.24. The zero-order valence-electron chi connectivity index (χ0n) is 14.3. The molecule has 0 bridgehead atoms. The molecule has 2 amide bonds. The Bertz CT molecular complexity index is 983. The Morgan fingerprint density at radius 1 is 1.00 bits per heavy atom. The highest BCUT2D eigenvalue weighted by atomic mass is 79.9. The number of para-hydroxylation sites is 1. The minimum atomic E-state index is -0.149. The number of halogens is 1. The second-order valence-electron chi connectivity index (χ2n) is 6.36. The molecule has 0 atom stereocenters. The van der Waals surface area contributed by atoms with E-state index in [4.69, 9.17) is 4.42 Å². The second kappa shape index (κ2) is 6.64. The molecule has 134 valence electrons. The minimum absolute atomic E-state index is 0.0217. The largest absolute Gasteiger partial charge is 0.444 e. The highest BCUT2D eigenvalue weighted by molar-refractivity contribution is 9.10. The van der Waals surface area contributed by atoms with E-state index < -0.39 is 0 Å². The van der Waals surface area contributed by atoms with Gasteiger partial charge in [0.05, 0.1) is 0 Å². The van der Waals surface area contributed by atoms with Crippen LogP contribution < -0.4 is 0 Å². The van der Waals surface area contributed by atoms with E-state index in [9.17, 15) is 9.59 Å². The molecular formula is C19H18BrN3O3. The van der Waals surface area contributed by atoms with Gasteiger partial charge in [0.1, 0.15) is 5.69 Å². The van der Waals surface area contributed by atoms with Crippen molar-refractivity contribution >= 4 is 38.6 Å². The third-order valence-electron chi connectivity index (χ3n) is 4.82. The summed E-state index contributed by atoms with van der Waals surface area (Å²) in [4.78, 5) is 32.1. The molecular weight excluding hydrogens is 398 g/mol. The van der Waals surface area contributed by atoms with Crippen LogP contribution >= 0.6 is 15.9 Å². The molecule has 7 heteroatoms. The summed E-state index contributed by atoms with van der Waals surface area (Å²) in [6.45, 7) is 3.94. The molecule has 1 aliphatic rings. The molecule has 1 aromatic carbocycles. The molecule has 2 aromatic heterocycles. The molecule has 1 N–H and O–H groups in total. The lowest BCUT2D eigenvalue weighted by atomic mass is 10.1. The maximum Gasteiger partial charge on any atom is 0.289 e. The van der Waals surface area contributed by atoms with E-state index in [2.05, 4.69) is 20.9 Å². The number of piperazine rings is 1. The predicted octanol–water partition coefficient (Wildman–Crippen LogP) is 3.43. The maximum atomic E-state index is 12.9.